The fourth-order valence-corrected chi connectivity index (χ4v) is 5.71. The molecule has 2 aromatic heterocycles. The molecule has 0 amide bonds. The number of thiol groups is 1. The molecule has 5 N–H and O–H groups in total. The normalized spacial score (nSPS) is 17.3. The van der Waals surface area contributed by atoms with Gasteiger partial charge >= 0.3 is 0 Å². The molecule has 54 heavy (non-hydrogen) atoms. The number of H-pyrrole nitrogens is 2. The van der Waals surface area contributed by atoms with Gasteiger partial charge in [0.2, 0.25) is 0 Å². The van der Waals surface area contributed by atoms with E-state index in [4.69, 9.17) is 19.4 Å². The standard InChI is InChI=1S/C13H16F2N4.C13H13NO2.C12H25NO.CH2O2.H3PS/c14-12(15)13-17-10(9-4-3-5-16-9)8-11(18-13)19-6-1-2-7-19;1-9-7-11(8-14-13(9)15)10-3-5-12(16-2)6-4-10;1-5-11(4)6-7-13-12(10(2)3)8-14-9-12;2-1-3;1-2/h3-5,8,12-13,16-17H,1-2,6-7H2;3-8H,1-2H3,(H,14,15);10-11,13H,5-9H2,1-4H3;1H,(H,2,3);2H,1H2. The highest BCUT2D eigenvalue weighted by Crippen LogP contribution is 2.26. The van der Waals surface area contributed by atoms with Crippen molar-refractivity contribution in [2.45, 2.75) is 78.4 Å². The number of rotatable bonds is 10. The summed E-state index contributed by atoms with van der Waals surface area (Å²) >= 11 is 3.44. The van der Waals surface area contributed by atoms with Gasteiger partial charge in [-0.1, -0.05) is 54.7 Å². The van der Waals surface area contributed by atoms with Crippen LogP contribution in [0, 0.1) is 18.8 Å². The van der Waals surface area contributed by atoms with Crippen molar-refractivity contribution in [3.63, 3.8) is 0 Å². The van der Waals surface area contributed by atoms with Crippen molar-refractivity contribution >= 4 is 38.7 Å². The number of halogens is 2. The minimum absolute atomic E-state index is 0.0442. The zero-order valence-corrected chi connectivity index (χ0v) is 34.3. The van der Waals surface area contributed by atoms with Gasteiger partial charge in [-0.25, -0.2) is 13.8 Å². The van der Waals surface area contributed by atoms with Gasteiger partial charge in [0.05, 0.1) is 37.3 Å². The third kappa shape index (κ3) is 14.5. The van der Waals surface area contributed by atoms with Crippen LogP contribution >= 0.6 is 20.7 Å². The number of benzene rings is 1. The van der Waals surface area contributed by atoms with E-state index in [1.165, 1.54) is 12.8 Å². The van der Waals surface area contributed by atoms with Crippen LogP contribution in [-0.2, 0) is 9.53 Å². The van der Waals surface area contributed by atoms with Gasteiger partial charge in [-0.15, -0.1) is 0 Å². The van der Waals surface area contributed by atoms with Gasteiger partial charge in [0.15, 0.2) is 6.17 Å². The number of aryl methyl sites for hydroxylation is 1. The number of methoxy groups -OCH3 is 1. The summed E-state index contributed by atoms with van der Waals surface area (Å²) in [5.41, 5.74) is 4.49. The Balaban J connectivity index is 0.000000267. The first-order valence-electron chi connectivity index (χ1n) is 18.2. The monoisotopic (exact) mass is 792 g/mol. The summed E-state index contributed by atoms with van der Waals surface area (Å²) < 4.78 is 36.4. The Morgan fingerprint density at radius 2 is 1.78 bits per heavy atom. The third-order valence-electron chi connectivity index (χ3n) is 9.55. The van der Waals surface area contributed by atoms with Crippen molar-refractivity contribution in [1.29, 1.82) is 0 Å². The summed E-state index contributed by atoms with van der Waals surface area (Å²) in [6.07, 6.45) is 6.41. The maximum atomic E-state index is 13.0. The minimum Gasteiger partial charge on any atom is -0.497 e. The molecular weight excluding hydrogens is 734 g/mol. The molecule has 3 aromatic rings. The number of hydrogen-bond donors (Lipinski definition) is 6. The van der Waals surface area contributed by atoms with Gasteiger partial charge in [-0.05, 0) is 86.0 Å². The van der Waals surface area contributed by atoms with Gasteiger partial charge < -0.3 is 40.1 Å². The van der Waals surface area contributed by atoms with Crippen LogP contribution in [0.5, 0.6) is 5.75 Å². The van der Waals surface area contributed by atoms with Crippen LogP contribution in [-0.4, -0.2) is 90.4 Å². The molecule has 0 saturated carbocycles. The molecule has 3 unspecified atom stereocenters. The van der Waals surface area contributed by atoms with Crippen molar-refractivity contribution < 1.29 is 28.2 Å². The molecule has 0 spiro atoms. The average Bonchev–Trinajstić information content (AvgIpc) is 3.91. The van der Waals surface area contributed by atoms with Crippen molar-refractivity contribution in [3.05, 3.63) is 82.5 Å². The van der Waals surface area contributed by atoms with Crippen LogP contribution < -0.4 is 20.9 Å². The number of nitrogens with zero attached hydrogens (tertiary/aromatic N) is 2. The molecule has 0 bridgehead atoms. The molecule has 11 nitrogen and oxygen atoms in total. The van der Waals surface area contributed by atoms with Gasteiger partial charge in [0.25, 0.3) is 18.5 Å². The summed E-state index contributed by atoms with van der Waals surface area (Å²) in [5, 5.41) is 13.3. The lowest BCUT2D eigenvalue weighted by Gasteiger charge is -2.46. The van der Waals surface area contributed by atoms with Crippen LogP contribution in [0.4, 0.5) is 8.78 Å². The second-order valence-electron chi connectivity index (χ2n) is 13.5. The summed E-state index contributed by atoms with van der Waals surface area (Å²) in [6.45, 7) is 15.4. The van der Waals surface area contributed by atoms with Crippen LogP contribution in [0.2, 0.25) is 0 Å². The first kappa shape index (κ1) is 46.4. The lowest BCUT2D eigenvalue weighted by atomic mass is 9.84. The number of aromatic amines is 2. The van der Waals surface area contributed by atoms with Crippen LogP contribution in [0.25, 0.3) is 16.8 Å². The lowest BCUT2D eigenvalue weighted by molar-refractivity contribution is -0.122. The first-order valence-corrected chi connectivity index (χ1v) is 20.3. The van der Waals surface area contributed by atoms with E-state index in [9.17, 15) is 13.6 Å². The average molecular weight is 793 g/mol. The zero-order valence-electron chi connectivity index (χ0n) is 32.3. The fourth-order valence-electron chi connectivity index (χ4n) is 5.71. The van der Waals surface area contributed by atoms with Crippen molar-refractivity contribution in [3.8, 4) is 16.9 Å². The topological polar surface area (TPSA) is 144 Å². The number of nitrogens with one attached hydrogen (secondary N) is 4. The maximum Gasteiger partial charge on any atom is 0.290 e. The number of likely N-dealkylation sites (tertiary alicyclic amines) is 1. The Hall–Kier alpha value is -3.71. The number of alkyl halides is 2. The van der Waals surface area contributed by atoms with Crippen LogP contribution in [0.1, 0.15) is 64.6 Å². The fraction of sp³-hybridized carbons (Fsp3) is 0.513. The number of ether oxygens (including phenoxy) is 2. The Morgan fingerprint density at radius 3 is 2.26 bits per heavy atom. The predicted octanol–water partition coefficient (Wildman–Crippen LogP) is 7.25. The highest BCUT2D eigenvalue weighted by molar-refractivity contribution is 8.31. The summed E-state index contributed by atoms with van der Waals surface area (Å²) in [6, 6.07) is 13.3. The number of aromatic nitrogens is 2. The highest BCUT2D eigenvalue weighted by Gasteiger charge is 2.40. The Bertz CT molecular complexity index is 1610. The Morgan fingerprint density at radius 1 is 1.13 bits per heavy atom. The van der Waals surface area contributed by atoms with Crippen LogP contribution in [0.15, 0.2) is 70.7 Å². The molecule has 3 atom stereocenters. The molecule has 1 aromatic carbocycles. The van der Waals surface area contributed by atoms with E-state index in [0.717, 1.165) is 74.2 Å². The van der Waals surface area contributed by atoms with Crippen molar-refractivity contribution in [2.75, 3.05) is 40.0 Å². The molecule has 0 radical (unpaired) electrons. The molecular formula is C39H59F2N6O5PS. The smallest absolute Gasteiger partial charge is 0.290 e. The highest BCUT2D eigenvalue weighted by atomic mass is 32.7. The van der Waals surface area contributed by atoms with Gasteiger partial charge in [-0.2, -0.15) is 12.2 Å². The van der Waals surface area contributed by atoms with E-state index < -0.39 is 12.6 Å². The van der Waals surface area contributed by atoms with Gasteiger partial charge in [-0.3, -0.25) is 9.59 Å². The minimum atomic E-state index is -2.52. The molecule has 6 rings (SSSR count). The SMILES string of the molecule is CCC(C)CCNC1(C(C)C)COC1.COc1ccc(-c2c[nH]c(=O)c(C)c2)cc1.FC(F)C1N=C(N2CCCC2)C=C(c2ccc[nH]2)N1.O=CO.PS. The molecule has 0 aliphatic carbocycles. The summed E-state index contributed by atoms with van der Waals surface area (Å²) in [5.74, 6) is 3.00. The first-order chi connectivity index (χ1) is 26.0. The molecule has 300 valence electrons. The number of carboxylic acid groups (broad SMARTS) is 1. The number of carbonyl (C=O) groups is 1. The predicted molar refractivity (Wildman–Crippen MR) is 222 cm³/mol. The number of hydrogen-bond acceptors (Lipinski definition) is 9. The summed E-state index contributed by atoms with van der Waals surface area (Å²) in [4.78, 5) is 31.5. The molecule has 2 saturated heterocycles. The van der Waals surface area contributed by atoms with E-state index in [-0.39, 0.29) is 17.6 Å². The second kappa shape index (κ2) is 24.6. The Kier molecular flexibility index (Phi) is 21.2. The van der Waals surface area contributed by atoms with E-state index in [1.807, 2.05) is 48.5 Å². The van der Waals surface area contributed by atoms with Crippen molar-refractivity contribution in [2.24, 2.45) is 16.8 Å². The van der Waals surface area contributed by atoms with E-state index in [1.54, 1.807) is 26.4 Å². The Labute approximate surface area is 326 Å². The molecule has 3 aliphatic heterocycles. The van der Waals surface area contributed by atoms with Gasteiger partial charge in [0, 0.05) is 37.1 Å². The third-order valence-corrected chi connectivity index (χ3v) is 9.55. The van der Waals surface area contributed by atoms with E-state index in [0.29, 0.717) is 23.0 Å². The van der Waals surface area contributed by atoms with Crippen molar-refractivity contribution in [1.82, 2.24) is 25.5 Å². The number of pyridine rings is 1. The maximum absolute atomic E-state index is 13.0. The molecule has 2 fully saturated rings. The van der Waals surface area contributed by atoms with E-state index in [2.05, 4.69) is 78.9 Å². The number of aliphatic imine (C=N–C) groups is 1. The summed E-state index contributed by atoms with van der Waals surface area (Å²) in [7, 11) is 3.75. The molecule has 15 heteroatoms. The number of amidine groups is 1. The zero-order chi connectivity index (χ0) is 40.1. The largest absolute Gasteiger partial charge is 0.497 e. The molecule has 5 heterocycles. The lowest BCUT2D eigenvalue weighted by Crippen LogP contribution is -2.64. The van der Waals surface area contributed by atoms with Crippen LogP contribution in [0.3, 0.4) is 0 Å². The molecule has 3 aliphatic rings. The second-order valence-corrected chi connectivity index (χ2v) is 13.5. The van der Waals surface area contributed by atoms with Gasteiger partial charge in [0.1, 0.15) is 11.6 Å². The quantitative estimate of drug-likeness (QED) is 0.0717. The van der Waals surface area contributed by atoms with E-state index >= 15 is 0 Å².